The molecule has 0 N–H and O–H groups in total. The van der Waals surface area contributed by atoms with Crippen molar-refractivity contribution in [2.75, 3.05) is 0 Å². The molecule has 0 nitrogen and oxygen atoms in total. The van der Waals surface area contributed by atoms with E-state index in [0.717, 1.165) is 5.75 Å². The zero-order valence-corrected chi connectivity index (χ0v) is 14.2. The Morgan fingerprint density at radius 2 is 0.880 bits per heavy atom. The van der Waals surface area contributed by atoms with Crippen molar-refractivity contribution in [3.05, 3.63) is 96.6 Å². The Hall–Kier alpha value is -2.21. The Morgan fingerprint density at radius 3 is 1.24 bits per heavy atom. The minimum Gasteiger partial charge on any atom is -0.418 e. The number of halogens is 4. The van der Waals surface area contributed by atoms with E-state index in [1.165, 1.54) is 15.4 Å². The molecule has 25 heavy (non-hydrogen) atoms. The summed E-state index contributed by atoms with van der Waals surface area (Å²) < 4.78 is 39.0. The van der Waals surface area contributed by atoms with Crippen LogP contribution in [0.2, 0.25) is 0 Å². The molecule has 6 heteroatoms. The van der Waals surface area contributed by atoms with Gasteiger partial charge in [-0.15, -0.1) is 0 Å². The summed E-state index contributed by atoms with van der Waals surface area (Å²) in [6, 6.07) is 32.4. The van der Waals surface area contributed by atoms with Crippen LogP contribution in [0, 0.1) is 0 Å². The molecule has 0 bridgehead atoms. The first kappa shape index (κ1) is 19.1. The van der Waals surface area contributed by atoms with Gasteiger partial charge in [0.25, 0.3) is 0 Å². The van der Waals surface area contributed by atoms with Crippen LogP contribution in [0.4, 0.5) is 17.3 Å². The summed E-state index contributed by atoms with van der Waals surface area (Å²) in [6.45, 7) is 0. The van der Waals surface area contributed by atoms with Crippen LogP contribution in [0.5, 0.6) is 0 Å². The number of benzene rings is 3. The predicted octanol–water partition coefficient (Wildman–Crippen LogP) is 6.22. The molecule has 3 aromatic carbocycles. The van der Waals surface area contributed by atoms with E-state index in [2.05, 4.69) is 91.0 Å². The fraction of sp³-hybridized carbons (Fsp3) is 0.0526. The van der Waals surface area contributed by atoms with Gasteiger partial charge in [-0.1, -0.05) is 66.7 Å². The summed E-state index contributed by atoms with van der Waals surface area (Å²) in [4.78, 5) is 2.81. The van der Waals surface area contributed by atoms with E-state index >= 15 is 0 Å². The Balaban J connectivity index is 0.000000399. The molecule has 0 aliphatic heterocycles. The number of hydrogen-bond donors (Lipinski definition) is 0. The molecule has 3 rings (SSSR count). The quantitative estimate of drug-likeness (QED) is 0.293. The molecule has 0 spiro atoms. The number of hydrogen-bond acceptors (Lipinski definition) is 0. The monoisotopic (exact) mass is 364 g/mol. The van der Waals surface area contributed by atoms with E-state index in [-0.39, 0.29) is 10.9 Å². The highest BCUT2D eigenvalue weighted by Gasteiger charge is 2.25. The van der Waals surface area contributed by atoms with Crippen LogP contribution < -0.4 is 0 Å². The molecule has 0 saturated carbocycles. The third-order valence-corrected chi connectivity index (χ3v) is 5.51. The SMILES string of the molecule is F[B-](F)(F)F.c1ccc(C[S+](c2ccccc2)c2ccccc2)cc1. The Morgan fingerprint density at radius 1 is 0.560 bits per heavy atom. The second-order valence-corrected chi connectivity index (χ2v) is 7.15. The summed E-state index contributed by atoms with van der Waals surface area (Å²) in [5, 5.41) is 0. The third-order valence-electron chi connectivity index (χ3n) is 3.21. The highest BCUT2D eigenvalue weighted by atomic mass is 32.2. The topological polar surface area (TPSA) is 0 Å². The van der Waals surface area contributed by atoms with Gasteiger partial charge >= 0.3 is 7.25 Å². The zero-order chi connectivity index (χ0) is 18.1. The van der Waals surface area contributed by atoms with Crippen LogP contribution in [0.25, 0.3) is 0 Å². The lowest BCUT2D eigenvalue weighted by atomic mass is 10.2. The second kappa shape index (κ2) is 9.32. The summed E-state index contributed by atoms with van der Waals surface area (Å²) in [6.07, 6.45) is 0. The average molecular weight is 364 g/mol. The van der Waals surface area contributed by atoms with Crippen molar-refractivity contribution in [3.8, 4) is 0 Å². The molecular weight excluding hydrogens is 347 g/mol. The number of rotatable bonds is 4. The predicted molar refractivity (Wildman–Crippen MR) is 97.1 cm³/mol. The molecule has 130 valence electrons. The van der Waals surface area contributed by atoms with E-state index in [9.17, 15) is 17.3 Å². The first-order valence-electron chi connectivity index (χ1n) is 7.66. The van der Waals surface area contributed by atoms with Gasteiger partial charge in [0.05, 0.1) is 10.9 Å². The standard InChI is InChI=1S/C19H17S.BF4/c1-4-10-17(11-5-1)16-20(18-12-6-2-7-13-18)19-14-8-3-9-15-19;2-1(3,4)5/h1-15H,16H2;/q+1;-1. The fourth-order valence-electron chi connectivity index (χ4n) is 2.21. The fourth-order valence-corrected chi connectivity index (χ4v) is 4.32. The van der Waals surface area contributed by atoms with Crippen LogP contribution >= 0.6 is 0 Å². The van der Waals surface area contributed by atoms with E-state index in [1.807, 2.05) is 0 Å². The molecule has 0 amide bonds. The molecule has 0 atom stereocenters. The lowest BCUT2D eigenvalue weighted by Gasteiger charge is -2.08. The first-order chi connectivity index (χ1) is 11.9. The van der Waals surface area contributed by atoms with Gasteiger partial charge < -0.3 is 17.3 Å². The Labute approximate surface area is 148 Å². The molecule has 0 fully saturated rings. The van der Waals surface area contributed by atoms with Gasteiger partial charge in [0, 0.05) is 5.56 Å². The highest BCUT2D eigenvalue weighted by Crippen LogP contribution is 2.26. The van der Waals surface area contributed by atoms with E-state index in [1.54, 1.807) is 0 Å². The molecule has 0 radical (unpaired) electrons. The van der Waals surface area contributed by atoms with Crippen molar-refractivity contribution in [2.45, 2.75) is 15.5 Å². The van der Waals surface area contributed by atoms with Crippen LogP contribution in [0.1, 0.15) is 5.56 Å². The van der Waals surface area contributed by atoms with Crippen molar-refractivity contribution in [1.82, 2.24) is 0 Å². The van der Waals surface area contributed by atoms with Crippen LogP contribution in [0.3, 0.4) is 0 Å². The van der Waals surface area contributed by atoms with Crippen LogP contribution in [-0.2, 0) is 16.6 Å². The van der Waals surface area contributed by atoms with E-state index in [4.69, 9.17) is 0 Å². The van der Waals surface area contributed by atoms with Crippen LogP contribution in [-0.4, -0.2) is 7.25 Å². The lowest BCUT2D eigenvalue weighted by Crippen LogP contribution is -2.07. The highest BCUT2D eigenvalue weighted by molar-refractivity contribution is 7.96. The maximum atomic E-state index is 9.75. The third kappa shape index (κ3) is 7.48. The smallest absolute Gasteiger partial charge is 0.418 e. The first-order valence-corrected chi connectivity index (χ1v) is 9.05. The molecule has 0 aromatic heterocycles. The molecule has 0 aliphatic carbocycles. The molecule has 3 aromatic rings. The maximum absolute atomic E-state index is 9.75. The van der Waals surface area contributed by atoms with Gasteiger partial charge in [-0.05, 0) is 24.3 Å². The van der Waals surface area contributed by atoms with E-state index < -0.39 is 7.25 Å². The summed E-state index contributed by atoms with van der Waals surface area (Å²) >= 11 is 0. The van der Waals surface area contributed by atoms with Crippen LogP contribution in [0.15, 0.2) is 101 Å². The molecule has 0 aliphatic rings. The minimum atomic E-state index is -6.00. The molecule has 0 unspecified atom stereocenters. The normalized spacial score (nSPS) is 10.9. The van der Waals surface area contributed by atoms with Gasteiger partial charge in [-0.25, -0.2) is 0 Å². The Bertz CT molecular complexity index is 688. The van der Waals surface area contributed by atoms with Gasteiger partial charge in [-0.2, -0.15) is 0 Å². The maximum Gasteiger partial charge on any atom is 0.673 e. The average Bonchev–Trinajstić information content (AvgIpc) is 2.61. The zero-order valence-electron chi connectivity index (χ0n) is 13.4. The van der Waals surface area contributed by atoms with Crippen molar-refractivity contribution >= 4 is 18.1 Å². The largest absolute Gasteiger partial charge is 0.673 e. The lowest BCUT2D eigenvalue weighted by molar-refractivity contribution is 0.368. The molecular formula is C19H17BF4S. The minimum absolute atomic E-state index is 0.0978. The van der Waals surface area contributed by atoms with E-state index in [0.29, 0.717) is 0 Å². The van der Waals surface area contributed by atoms with Crippen molar-refractivity contribution < 1.29 is 17.3 Å². The molecule has 0 heterocycles. The second-order valence-electron chi connectivity index (χ2n) is 5.14. The van der Waals surface area contributed by atoms with Gasteiger partial charge in [0.1, 0.15) is 5.75 Å². The summed E-state index contributed by atoms with van der Waals surface area (Å²) in [7, 11) is -5.90. The van der Waals surface area contributed by atoms with Gasteiger partial charge in [-0.3, -0.25) is 0 Å². The van der Waals surface area contributed by atoms with Gasteiger partial charge in [0.2, 0.25) is 0 Å². The van der Waals surface area contributed by atoms with Crippen molar-refractivity contribution in [3.63, 3.8) is 0 Å². The Kier molecular flexibility index (Phi) is 7.13. The summed E-state index contributed by atoms with van der Waals surface area (Å²) in [5.41, 5.74) is 1.39. The van der Waals surface area contributed by atoms with Crippen molar-refractivity contribution in [2.24, 2.45) is 0 Å². The summed E-state index contributed by atoms with van der Waals surface area (Å²) in [5.74, 6) is 1.06. The molecule has 0 saturated heterocycles. The van der Waals surface area contributed by atoms with Gasteiger partial charge in [0.15, 0.2) is 9.79 Å². The van der Waals surface area contributed by atoms with Crippen molar-refractivity contribution in [1.29, 1.82) is 0 Å².